The van der Waals surface area contributed by atoms with Gasteiger partial charge in [0.2, 0.25) is 5.91 Å². The molecule has 6 heteroatoms. The molecule has 3 rings (SSSR count). The van der Waals surface area contributed by atoms with Crippen LogP contribution in [0.3, 0.4) is 0 Å². The maximum Gasteiger partial charge on any atom is 0.227 e. The Kier molecular flexibility index (Phi) is 5.43. The smallest absolute Gasteiger partial charge is 0.227 e. The first kappa shape index (κ1) is 16.9. The number of pyridine rings is 1. The molecule has 0 unspecified atom stereocenters. The predicted octanol–water partition coefficient (Wildman–Crippen LogP) is 3.72. The first-order valence-electron chi connectivity index (χ1n) is 7.99. The van der Waals surface area contributed by atoms with Crippen LogP contribution in [0.4, 0.5) is 10.1 Å². The van der Waals surface area contributed by atoms with Gasteiger partial charge in [-0.05, 0) is 50.2 Å². The lowest BCUT2D eigenvalue weighted by atomic mass is 9.95. The molecule has 1 fully saturated rings. The quantitative estimate of drug-likeness (QED) is 0.916. The molecule has 1 amide bonds. The molecule has 0 bridgehead atoms. The molecule has 1 N–H and O–H groups in total. The molecular weight excluding hydrogens is 329 g/mol. The van der Waals surface area contributed by atoms with Gasteiger partial charge in [0.05, 0.1) is 11.9 Å². The van der Waals surface area contributed by atoms with Crippen LogP contribution >= 0.6 is 11.6 Å². The Morgan fingerprint density at radius 1 is 1.33 bits per heavy atom. The van der Waals surface area contributed by atoms with Gasteiger partial charge in [0.25, 0.3) is 0 Å². The maximum absolute atomic E-state index is 13.9. The molecule has 0 saturated carbocycles. The highest BCUT2D eigenvalue weighted by molar-refractivity contribution is 6.30. The molecule has 126 valence electrons. The summed E-state index contributed by atoms with van der Waals surface area (Å²) in [6.07, 6.45) is 4.84. The summed E-state index contributed by atoms with van der Waals surface area (Å²) < 4.78 is 13.9. The number of carbonyl (C=O) groups excluding carboxylic acids is 1. The minimum absolute atomic E-state index is 0.0171. The van der Waals surface area contributed by atoms with Gasteiger partial charge in [-0.1, -0.05) is 17.7 Å². The number of piperidine rings is 1. The van der Waals surface area contributed by atoms with Crippen LogP contribution in [0.5, 0.6) is 0 Å². The maximum atomic E-state index is 13.9. The fraction of sp³-hybridized carbons (Fsp3) is 0.333. The highest BCUT2D eigenvalue weighted by Gasteiger charge is 2.25. The Morgan fingerprint density at radius 2 is 2.12 bits per heavy atom. The van der Waals surface area contributed by atoms with Gasteiger partial charge in [0.15, 0.2) is 0 Å². The first-order valence-corrected chi connectivity index (χ1v) is 8.37. The summed E-state index contributed by atoms with van der Waals surface area (Å²) in [4.78, 5) is 18.4. The number of halogens is 2. The predicted molar refractivity (Wildman–Crippen MR) is 92.3 cm³/mol. The van der Waals surface area contributed by atoms with Gasteiger partial charge in [0, 0.05) is 29.2 Å². The van der Waals surface area contributed by atoms with E-state index < -0.39 is 0 Å². The Labute approximate surface area is 145 Å². The monoisotopic (exact) mass is 347 g/mol. The molecule has 24 heavy (non-hydrogen) atoms. The summed E-state index contributed by atoms with van der Waals surface area (Å²) in [6, 6.07) is 8.38. The summed E-state index contributed by atoms with van der Waals surface area (Å²) >= 11 is 5.78. The number of carbonyl (C=O) groups is 1. The average Bonchev–Trinajstić information content (AvgIpc) is 2.59. The Bertz CT molecular complexity index is 703. The zero-order valence-electron chi connectivity index (χ0n) is 13.2. The second-order valence-corrected chi connectivity index (χ2v) is 6.45. The van der Waals surface area contributed by atoms with Gasteiger partial charge in [-0.3, -0.25) is 14.7 Å². The zero-order valence-corrected chi connectivity index (χ0v) is 14.0. The normalized spacial score (nSPS) is 16.1. The van der Waals surface area contributed by atoms with Crippen molar-refractivity contribution in [2.24, 2.45) is 5.92 Å². The third-order valence-electron chi connectivity index (χ3n) is 4.30. The van der Waals surface area contributed by atoms with Crippen molar-refractivity contribution >= 4 is 23.2 Å². The highest BCUT2D eigenvalue weighted by atomic mass is 35.5. The van der Waals surface area contributed by atoms with Crippen LogP contribution in [0.2, 0.25) is 5.02 Å². The number of likely N-dealkylation sites (tertiary alicyclic amines) is 1. The minimum atomic E-state index is -0.279. The van der Waals surface area contributed by atoms with Crippen LogP contribution in [0.15, 0.2) is 42.7 Å². The van der Waals surface area contributed by atoms with Gasteiger partial charge >= 0.3 is 0 Å². The molecule has 4 nitrogen and oxygen atoms in total. The number of amides is 1. The lowest BCUT2D eigenvalue weighted by Gasteiger charge is -2.31. The van der Waals surface area contributed by atoms with Crippen molar-refractivity contribution in [1.29, 1.82) is 0 Å². The second-order valence-electron chi connectivity index (χ2n) is 6.02. The topological polar surface area (TPSA) is 45.2 Å². The molecule has 1 aromatic carbocycles. The Hall–Kier alpha value is -1.98. The SMILES string of the molecule is O=C(Nc1cccnc1)C1CCN(Cc2ccc(Cl)cc2F)CC1. The third kappa shape index (κ3) is 4.30. The standard InChI is InChI=1S/C18H19ClFN3O/c19-15-4-3-14(17(20)10-15)12-23-8-5-13(6-9-23)18(24)22-16-2-1-7-21-11-16/h1-4,7,10-11,13H,5-6,8-9,12H2,(H,22,24). The molecule has 0 atom stereocenters. The lowest BCUT2D eigenvalue weighted by Crippen LogP contribution is -2.37. The van der Waals surface area contributed by atoms with Gasteiger partial charge < -0.3 is 5.32 Å². The number of hydrogen-bond donors (Lipinski definition) is 1. The molecule has 1 aliphatic heterocycles. The molecule has 2 heterocycles. The van der Waals surface area contributed by atoms with E-state index in [1.807, 2.05) is 6.07 Å². The van der Waals surface area contributed by atoms with E-state index in [0.717, 1.165) is 25.9 Å². The van der Waals surface area contributed by atoms with Gasteiger partial charge in [-0.25, -0.2) is 4.39 Å². The Morgan fingerprint density at radius 3 is 2.79 bits per heavy atom. The highest BCUT2D eigenvalue weighted by Crippen LogP contribution is 2.22. The second kappa shape index (κ2) is 7.73. The molecule has 1 saturated heterocycles. The number of nitrogens with one attached hydrogen (secondary N) is 1. The van der Waals surface area contributed by atoms with E-state index in [9.17, 15) is 9.18 Å². The Balaban J connectivity index is 1.51. The molecule has 0 aliphatic carbocycles. The van der Waals surface area contributed by atoms with Gasteiger partial charge in [-0.15, -0.1) is 0 Å². The molecule has 1 aromatic heterocycles. The van der Waals surface area contributed by atoms with E-state index in [0.29, 0.717) is 22.8 Å². The van der Waals surface area contributed by atoms with Crippen molar-refractivity contribution in [3.05, 3.63) is 59.1 Å². The number of nitrogens with zero attached hydrogens (tertiary/aromatic N) is 2. The van der Waals surface area contributed by atoms with Crippen LogP contribution in [-0.4, -0.2) is 28.9 Å². The largest absolute Gasteiger partial charge is 0.324 e. The lowest BCUT2D eigenvalue weighted by molar-refractivity contribution is -0.121. The summed E-state index contributed by atoms with van der Waals surface area (Å²) in [7, 11) is 0. The minimum Gasteiger partial charge on any atom is -0.324 e. The molecule has 0 spiro atoms. The number of benzene rings is 1. The van der Waals surface area contributed by atoms with E-state index in [1.54, 1.807) is 30.6 Å². The van der Waals surface area contributed by atoms with Crippen molar-refractivity contribution in [3.8, 4) is 0 Å². The molecular formula is C18H19ClFN3O. The zero-order chi connectivity index (χ0) is 16.9. The summed E-state index contributed by atoms with van der Waals surface area (Å²) in [5.41, 5.74) is 1.35. The van der Waals surface area contributed by atoms with E-state index in [1.165, 1.54) is 6.07 Å². The van der Waals surface area contributed by atoms with Crippen LogP contribution < -0.4 is 5.32 Å². The number of aromatic nitrogens is 1. The average molecular weight is 348 g/mol. The van der Waals surface area contributed by atoms with Crippen molar-refractivity contribution in [3.63, 3.8) is 0 Å². The summed E-state index contributed by atoms with van der Waals surface area (Å²) in [6.45, 7) is 2.08. The summed E-state index contributed by atoms with van der Waals surface area (Å²) in [5.74, 6) is -0.268. The number of hydrogen-bond acceptors (Lipinski definition) is 3. The summed E-state index contributed by atoms with van der Waals surface area (Å²) in [5, 5.41) is 3.30. The van der Waals surface area contributed by atoms with Crippen molar-refractivity contribution in [1.82, 2.24) is 9.88 Å². The number of anilines is 1. The third-order valence-corrected chi connectivity index (χ3v) is 4.53. The van der Waals surface area contributed by atoms with E-state index in [2.05, 4.69) is 15.2 Å². The van der Waals surface area contributed by atoms with E-state index >= 15 is 0 Å². The fourth-order valence-electron chi connectivity index (χ4n) is 2.93. The van der Waals surface area contributed by atoms with Crippen molar-refractivity contribution < 1.29 is 9.18 Å². The molecule has 1 aliphatic rings. The van der Waals surface area contributed by atoms with Crippen LogP contribution in [-0.2, 0) is 11.3 Å². The van der Waals surface area contributed by atoms with E-state index in [-0.39, 0.29) is 17.6 Å². The van der Waals surface area contributed by atoms with Crippen LogP contribution in [0.1, 0.15) is 18.4 Å². The van der Waals surface area contributed by atoms with Gasteiger partial charge in [-0.2, -0.15) is 0 Å². The van der Waals surface area contributed by atoms with Crippen molar-refractivity contribution in [2.45, 2.75) is 19.4 Å². The van der Waals surface area contributed by atoms with Gasteiger partial charge in [0.1, 0.15) is 5.82 Å². The van der Waals surface area contributed by atoms with Crippen LogP contribution in [0, 0.1) is 11.7 Å². The molecule has 0 radical (unpaired) electrons. The van der Waals surface area contributed by atoms with E-state index in [4.69, 9.17) is 11.6 Å². The number of rotatable bonds is 4. The van der Waals surface area contributed by atoms with Crippen LogP contribution in [0.25, 0.3) is 0 Å². The molecule has 2 aromatic rings. The first-order chi connectivity index (χ1) is 11.6. The van der Waals surface area contributed by atoms with Crippen molar-refractivity contribution in [2.75, 3.05) is 18.4 Å². The fourth-order valence-corrected chi connectivity index (χ4v) is 3.08.